The van der Waals surface area contributed by atoms with Gasteiger partial charge in [-0.25, -0.2) is 0 Å². The van der Waals surface area contributed by atoms with Crippen LogP contribution in [-0.2, 0) is 16.0 Å². The quantitative estimate of drug-likeness (QED) is 0.291. The number of benzene rings is 1. The number of fused-ring (bicyclic) bond motifs is 2. The molecule has 0 aromatic heterocycles. The summed E-state index contributed by atoms with van der Waals surface area (Å²) in [6, 6.07) is 4.14. The molecule has 4 aliphatic rings. The van der Waals surface area contributed by atoms with Crippen LogP contribution in [0.25, 0.3) is 0 Å². The number of nitrogens with zero attached hydrogens (tertiary/aromatic N) is 1. The molecule has 0 radical (unpaired) electrons. The Morgan fingerprint density at radius 1 is 1.06 bits per heavy atom. The maximum atomic E-state index is 6.28. The zero-order valence-electron chi connectivity index (χ0n) is 21.0. The van der Waals surface area contributed by atoms with Gasteiger partial charge >= 0.3 is 0 Å². The minimum Gasteiger partial charge on any atom is -0.493 e. The van der Waals surface area contributed by atoms with Gasteiger partial charge in [-0.15, -0.1) is 0 Å². The number of methoxy groups -OCH3 is 2. The van der Waals surface area contributed by atoms with Gasteiger partial charge in [-0.2, -0.15) is 0 Å². The summed E-state index contributed by atoms with van der Waals surface area (Å²) in [7, 11) is 3.38. The van der Waals surface area contributed by atoms with Gasteiger partial charge in [0.05, 0.1) is 40.6 Å². The van der Waals surface area contributed by atoms with Gasteiger partial charge in [-0.05, 0) is 61.0 Å². The van der Waals surface area contributed by atoms with Gasteiger partial charge in [0.1, 0.15) is 19.6 Å². The van der Waals surface area contributed by atoms with E-state index in [1.165, 1.54) is 31.2 Å². The van der Waals surface area contributed by atoms with Crippen molar-refractivity contribution in [1.82, 2.24) is 0 Å². The molecule has 0 spiro atoms. The highest BCUT2D eigenvalue weighted by molar-refractivity contribution is 9.10. The summed E-state index contributed by atoms with van der Waals surface area (Å²) in [5.41, 5.74) is 1.82. The molecule has 1 aliphatic heterocycles. The first-order valence-electron chi connectivity index (χ1n) is 12.8. The molecule has 2 bridgehead atoms. The molecule has 0 amide bonds. The number of ether oxygens (including phenoxy) is 4. The molecule has 5 rings (SSSR count). The van der Waals surface area contributed by atoms with E-state index in [4.69, 9.17) is 18.9 Å². The minimum atomic E-state index is 0.566. The van der Waals surface area contributed by atoms with Crippen LogP contribution in [0, 0.1) is 23.2 Å². The van der Waals surface area contributed by atoms with Crippen LogP contribution < -0.4 is 9.47 Å². The van der Waals surface area contributed by atoms with Crippen molar-refractivity contribution in [3.05, 3.63) is 22.2 Å². The summed E-state index contributed by atoms with van der Waals surface area (Å²) in [6.07, 6.45) is 6.61. The lowest BCUT2D eigenvalue weighted by atomic mass is 9.45. The second-order valence-electron chi connectivity index (χ2n) is 11.0. The summed E-state index contributed by atoms with van der Waals surface area (Å²) >= 11 is 3.77. The Kier molecular flexibility index (Phi) is 8.31. The molecule has 3 aliphatic carbocycles. The molecule has 0 N–H and O–H groups in total. The van der Waals surface area contributed by atoms with Gasteiger partial charge < -0.3 is 23.4 Å². The summed E-state index contributed by atoms with van der Waals surface area (Å²) in [4.78, 5) is 0. The third kappa shape index (κ3) is 5.55. The molecule has 186 valence electrons. The highest BCUT2D eigenvalue weighted by atomic mass is 79.9. The molecule has 6 heteroatoms. The van der Waals surface area contributed by atoms with E-state index in [9.17, 15) is 0 Å². The SMILES string of the molecule is COc1cc(Br)c(C[N+]2(CCOCCC3CC[C@H]4C[C@@H]3C4(C)C)CCCOCC2)cc1OC. The summed E-state index contributed by atoms with van der Waals surface area (Å²) in [5.74, 6) is 4.30. The molecule has 5 nitrogen and oxygen atoms in total. The van der Waals surface area contributed by atoms with Crippen LogP contribution in [-0.4, -0.2) is 64.8 Å². The molecular weight excluding hydrogens is 482 g/mol. The largest absolute Gasteiger partial charge is 0.493 e. The third-order valence-corrected chi connectivity index (χ3v) is 9.77. The summed E-state index contributed by atoms with van der Waals surface area (Å²) < 4.78 is 25.2. The second kappa shape index (κ2) is 10.8. The third-order valence-electron chi connectivity index (χ3n) is 9.03. The molecule has 33 heavy (non-hydrogen) atoms. The molecular formula is C27H43BrNO4+. The van der Waals surface area contributed by atoms with Gasteiger partial charge in [0.15, 0.2) is 11.5 Å². The zero-order valence-corrected chi connectivity index (χ0v) is 22.6. The zero-order chi connectivity index (χ0) is 23.5. The fraction of sp³-hybridized carbons (Fsp3) is 0.778. The van der Waals surface area contributed by atoms with Gasteiger partial charge in [-0.3, -0.25) is 0 Å². The van der Waals surface area contributed by atoms with Crippen LogP contribution in [0.4, 0.5) is 0 Å². The Hall–Kier alpha value is -0.820. The van der Waals surface area contributed by atoms with Crippen molar-refractivity contribution in [3.8, 4) is 11.5 Å². The predicted octanol–water partition coefficient (Wildman–Crippen LogP) is 5.68. The number of rotatable bonds is 10. The molecule has 1 aromatic rings. The fourth-order valence-corrected chi connectivity index (χ4v) is 7.16. The van der Waals surface area contributed by atoms with Crippen LogP contribution in [0.5, 0.6) is 11.5 Å². The summed E-state index contributed by atoms with van der Waals surface area (Å²) in [5, 5.41) is 0. The predicted molar refractivity (Wildman–Crippen MR) is 135 cm³/mol. The van der Waals surface area contributed by atoms with E-state index in [2.05, 4.69) is 35.8 Å². The topological polar surface area (TPSA) is 36.9 Å². The first kappa shape index (κ1) is 25.3. The average Bonchev–Trinajstić information content (AvgIpc) is 3.05. The van der Waals surface area contributed by atoms with Crippen LogP contribution in [0.15, 0.2) is 16.6 Å². The van der Waals surface area contributed by atoms with Gasteiger partial charge in [0.2, 0.25) is 0 Å². The van der Waals surface area contributed by atoms with Crippen molar-refractivity contribution in [1.29, 1.82) is 0 Å². The molecule has 1 heterocycles. The van der Waals surface area contributed by atoms with Crippen LogP contribution >= 0.6 is 15.9 Å². The smallest absolute Gasteiger partial charge is 0.161 e. The minimum absolute atomic E-state index is 0.566. The molecule has 4 atom stereocenters. The van der Waals surface area contributed by atoms with E-state index >= 15 is 0 Å². The maximum Gasteiger partial charge on any atom is 0.161 e. The first-order valence-corrected chi connectivity index (χ1v) is 13.6. The normalized spacial score (nSPS) is 30.9. The van der Waals surface area contributed by atoms with Gasteiger partial charge in [-0.1, -0.05) is 29.8 Å². The van der Waals surface area contributed by atoms with E-state index in [0.717, 1.165) is 97.2 Å². The van der Waals surface area contributed by atoms with Gasteiger partial charge in [0.25, 0.3) is 0 Å². The maximum absolute atomic E-state index is 6.28. The number of hydrogen-bond donors (Lipinski definition) is 0. The highest BCUT2D eigenvalue weighted by Crippen LogP contribution is 2.61. The highest BCUT2D eigenvalue weighted by Gasteiger charge is 2.53. The first-order chi connectivity index (χ1) is 15.9. The Morgan fingerprint density at radius 3 is 2.58 bits per heavy atom. The Balaban J connectivity index is 1.34. The second-order valence-corrected chi connectivity index (χ2v) is 11.9. The molecule has 3 saturated carbocycles. The Bertz CT molecular complexity index is 789. The van der Waals surface area contributed by atoms with E-state index in [-0.39, 0.29) is 0 Å². The average molecular weight is 526 g/mol. The fourth-order valence-electron chi connectivity index (χ4n) is 6.72. The summed E-state index contributed by atoms with van der Waals surface area (Å²) in [6.45, 7) is 12.4. The number of halogens is 1. The molecule has 1 saturated heterocycles. The van der Waals surface area contributed by atoms with Crippen molar-refractivity contribution in [3.63, 3.8) is 0 Å². The van der Waals surface area contributed by atoms with Crippen LogP contribution in [0.2, 0.25) is 0 Å². The Morgan fingerprint density at radius 2 is 1.85 bits per heavy atom. The van der Waals surface area contributed by atoms with E-state index in [1.807, 2.05) is 6.07 Å². The molecule has 1 aromatic carbocycles. The van der Waals surface area contributed by atoms with Crippen molar-refractivity contribution in [2.75, 3.05) is 60.3 Å². The number of quaternary nitrogens is 1. The lowest BCUT2D eigenvalue weighted by Crippen LogP contribution is -2.52. The monoisotopic (exact) mass is 524 g/mol. The van der Waals surface area contributed by atoms with Gasteiger partial charge in [0, 0.05) is 23.1 Å². The molecule has 2 unspecified atom stereocenters. The lowest BCUT2D eigenvalue weighted by molar-refractivity contribution is -0.939. The van der Waals surface area contributed by atoms with Crippen molar-refractivity contribution in [2.45, 2.75) is 52.5 Å². The lowest BCUT2D eigenvalue weighted by Gasteiger charge is -2.60. The van der Waals surface area contributed by atoms with E-state index in [1.54, 1.807) is 14.2 Å². The van der Waals surface area contributed by atoms with E-state index in [0.29, 0.717) is 5.41 Å². The van der Waals surface area contributed by atoms with Crippen molar-refractivity contribution < 1.29 is 23.4 Å². The standard InChI is InChI=1S/C27H43BrNO4/c1-27(2)22-7-6-20(23(27)17-22)8-13-33-15-11-29(9-5-12-32-14-10-29)19-21-16-25(30-3)26(31-4)18-24(21)28/h16,18,20,22-23H,5-15,17,19H2,1-4H3/q+1/t20?,22-,23-,29?/m0/s1. The Labute approximate surface area is 208 Å². The van der Waals surface area contributed by atoms with Crippen LogP contribution in [0.3, 0.4) is 0 Å². The number of hydrogen-bond acceptors (Lipinski definition) is 4. The molecule has 4 fully saturated rings. The van der Waals surface area contributed by atoms with Crippen molar-refractivity contribution in [2.24, 2.45) is 23.2 Å². The van der Waals surface area contributed by atoms with Crippen LogP contribution in [0.1, 0.15) is 51.5 Å². The van der Waals surface area contributed by atoms with Crippen molar-refractivity contribution >= 4 is 15.9 Å². The van der Waals surface area contributed by atoms with E-state index < -0.39 is 0 Å².